The van der Waals surface area contributed by atoms with E-state index in [0.29, 0.717) is 5.76 Å². The van der Waals surface area contributed by atoms with Crippen LogP contribution in [0.4, 0.5) is 0 Å². The Bertz CT molecular complexity index is 179. The molecule has 0 amide bonds. The molecular weight excluding hydrogens is 111 g/mol. The number of Topliss-reactive ketones (excluding diaryl/α,β-unsaturated/α-hetero) is 1. The van der Waals surface area contributed by atoms with Crippen LogP contribution in [0.15, 0.2) is 16.5 Å². The fourth-order valence-electron chi connectivity index (χ4n) is 0.430. The maximum absolute atomic E-state index is 10.4. The minimum Gasteiger partial charge on any atom is -0.588 e. The molecule has 3 heteroatoms. The van der Waals surface area contributed by atoms with Crippen molar-refractivity contribution in [3.63, 3.8) is 0 Å². The molecule has 0 aliphatic rings. The van der Waals surface area contributed by atoms with Gasteiger partial charge in [-0.1, -0.05) is 0 Å². The molecule has 0 aliphatic carbocycles. The zero-order valence-corrected chi connectivity index (χ0v) is 5.47. The third-order valence-electron chi connectivity index (χ3n) is 0.819. The molecule has 0 bridgehead atoms. The minimum atomic E-state index is -0.0637. The summed E-state index contributed by atoms with van der Waals surface area (Å²) in [5.41, 5.74) is 0. The van der Waals surface area contributed by atoms with E-state index < -0.39 is 0 Å². The zero-order chi connectivity index (χ0) is 5.98. The van der Waals surface area contributed by atoms with Crippen LogP contribution in [0.3, 0.4) is 0 Å². The first kappa shape index (κ1) is 8.55. The summed E-state index contributed by atoms with van der Waals surface area (Å²) in [4.78, 5) is 10.4. The molecule has 9 heavy (non-hydrogen) atoms. The van der Waals surface area contributed by atoms with E-state index in [0.717, 1.165) is 0 Å². The van der Waals surface area contributed by atoms with Crippen molar-refractivity contribution in [1.82, 2.24) is 0 Å². The Morgan fingerprint density at radius 3 is 2.67 bits per heavy atom. The molecule has 0 unspecified atom stereocenters. The monoisotopic (exact) mass is 116 g/mol. The van der Waals surface area contributed by atoms with Gasteiger partial charge in [0, 0.05) is 5.76 Å². The molecule has 0 saturated heterocycles. The second-order valence-corrected chi connectivity index (χ2v) is 1.47. The number of rotatable bonds is 1. The van der Waals surface area contributed by atoms with Crippen LogP contribution in [0, 0.1) is 6.26 Å². The van der Waals surface area contributed by atoms with E-state index in [9.17, 15) is 4.79 Å². The van der Waals surface area contributed by atoms with Gasteiger partial charge in [-0.2, -0.15) is 6.07 Å². The summed E-state index contributed by atoms with van der Waals surface area (Å²) in [6.07, 6.45) is 2.42. The van der Waals surface area contributed by atoms with Gasteiger partial charge in [0.25, 0.3) is 0 Å². The first-order valence-electron chi connectivity index (χ1n) is 2.27. The second-order valence-electron chi connectivity index (χ2n) is 1.47. The number of hydrogen-bond acceptors (Lipinski definition) is 2. The molecule has 42 valence electrons. The Balaban J connectivity index is 0.000000640. The van der Waals surface area contributed by atoms with Crippen molar-refractivity contribution in [2.24, 2.45) is 0 Å². The molecule has 2 nitrogen and oxygen atoms in total. The molecule has 0 saturated carbocycles. The summed E-state index contributed by atoms with van der Waals surface area (Å²) in [5, 5.41) is 0. The van der Waals surface area contributed by atoms with E-state index in [1.54, 1.807) is 12.1 Å². The third-order valence-corrected chi connectivity index (χ3v) is 0.819. The quantitative estimate of drug-likeness (QED) is 0.248. The molecule has 0 aromatic carbocycles. The van der Waals surface area contributed by atoms with Crippen molar-refractivity contribution in [2.75, 3.05) is 0 Å². The van der Waals surface area contributed by atoms with E-state index in [1.165, 1.54) is 6.92 Å². The van der Waals surface area contributed by atoms with Gasteiger partial charge in [-0.05, 0) is 13.2 Å². The molecule has 0 aliphatic heterocycles. The van der Waals surface area contributed by atoms with Gasteiger partial charge in [0.1, 0.15) is 5.78 Å². The molecule has 1 rings (SSSR count). The molecule has 0 radical (unpaired) electrons. The summed E-state index contributed by atoms with van der Waals surface area (Å²) in [6, 6.07) is 3.15. The summed E-state index contributed by atoms with van der Waals surface area (Å²) in [5.74, 6) is 0.302. The fourth-order valence-corrected chi connectivity index (χ4v) is 0.430. The van der Waals surface area contributed by atoms with E-state index in [-0.39, 0.29) is 24.6 Å². The van der Waals surface area contributed by atoms with Crippen molar-refractivity contribution in [3.8, 4) is 0 Å². The van der Waals surface area contributed by atoms with E-state index >= 15 is 0 Å². The Morgan fingerprint density at radius 2 is 2.44 bits per heavy atom. The predicted molar refractivity (Wildman–Crippen MR) is 27.5 cm³/mol. The van der Waals surface area contributed by atoms with Crippen molar-refractivity contribution < 1.29 is 28.1 Å². The number of carbonyl (C=O) groups excluding carboxylic acids is 1. The molecule has 0 N–H and O–H groups in total. The topological polar surface area (TPSA) is 30.2 Å². The molecule has 0 spiro atoms. The molecular formula is C6H5LiO2. The summed E-state index contributed by atoms with van der Waals surface area (Å²) >= 11 is 0. The second kappa shape index (κ2) is 3.55. The average molecular weight is 116 g/mol. The smallest absolute Gasteiger partial charge is 0.588 e. The van der Waals surface area contributed by atoms with Crippen LogP contribution in [-0.2, 0) is 0 Å². The van der Waals surface area contributed by atoms with E-state index in [1.807, 2.05) is 0 Å². The van der Waals surface area contributed by atoms with Gasteiger partial charge in [-0.3, -0.25) is 0 Å². The molecule has 1 aromatic heterocycles. The Morgan fingerprint density at radius 1 is 1.78 bits per heavy atom. The average Bonchev–Trinajstić information content (AvgIpc) is 2.12. The largest absolute Gasteiger partial charge is 1.00 e. The standard InChI is InChI=1S/C6H5O2.Li/c1-5(7)6-3-2-4-8-6;/h2-3H,1H3;/q-1;+1. The number of carbonyl (C=O) groups is 1. The van der Waals surface area contributed by atoms with Gasteiger partial charge in [0.05, 0.1) is 0 Å². The van der Waals surface area contributed by atoms with Crippen molar-refractivity contribution in [2.45, 2.75) is 6.92 Å². The van der Waals surface area contributed by atoms with Crippen LogP contribution in [-0.4, -0.2) is 5.78 Å². The molecule has 1 heterocycles. The zero-order valence-electron chi connectivity index (χ0n) is 5.47. The van der Waals surface area contributed by atoms with Crippen molar-refractivity contribution in [1.29, 1.82) is 0 Å². The number of ketones is 1. The van der Waals surface area contributed by atoms with Crippen LogP contribution in [0.2, 0.25) is 0 Å². The van der Waals surface area contributed by atoms with Crippen LogP contribution in [0.5, 0.6) is 0 Å². The fraction of sp³-hybridized carbons (Fsp3) is 0.167. The normalized spacial score (nSPS) is 8.11. The first-order valence-corrected chi connectivity index (χ1v) is 2.27. The Kier molecular flexibility index (Phi) is 3.37. The predicted octanol–water partition coefficient (Wildman–Crippen LogP) is -1.71. The first-order chi connectivity index (χ1) is 3.80. The van der Waals surface area contributed by atoms with Gasteiger partial charge in [-0.25, -0.2) is 0 Å². The maximum atomic E-state index is 10.4. The molecule has 1 aromatic rings. The molecule has 0 fully saturated rings. The Hall–Kier alpha value is -0.453. The number of hydrogen-bond donors (Lipinski definition) is 0. The van der Waals surface area contributed by atoms with Crippen LogP contribution in [0.25, 0.3) is 0 Å². The summed E-state index contributed by atoms with van der Waals surface area (Å²) in [7, 11) is 0. The van der Waals surface area contributed by atoms with Gasteiger partial charge < -0.3 is 9.21 Å². The minimum absolute atomic E-state index is 0. The summed E-state index contributed by atoms with van der Waals surface area (Å²) < 4.78 is 4.62. The van der Waals surface area contributed by atoms with Gasteiger partial charge in [0.2, 0.25) is 0 Å². The Labute approximate surface area is 65.4 Å². The van der Waals surface area contributed by atoms with Crippen LogP contribution < -0.4 is 18.9 Å². The van der Waals surface area contributed by atoms with Gasteiger partial charge in [-0.15, -0.1) is 6.07 Å². The van der Waals surface area contributed by atoms with E-state index in [4.69, 9.17) is 0 Å². The van der Waals surface area contributed by atoms with Gasteiger partial charge >= 0.3 is 18.9 Å². The van der Waals surface area contributed by atoms with Gasteiger partial charge in [0.15, 0.2) is 0 Å². The van der Waals surface area contributed by atoms with Crippen molar-refractivity contribution >= 4 is 5.78 Å². The van der Waals surface area contributed by atoms with Crippen LogP contribution in [0.1, 0.15) is 17.5 Å². The molecule has 0 atom stereocenters. The SMILES string of the molecule is CC(=O)c1cc[c-]o1.[Li+]. The maximum Gasteiger partial charge on any atom is 1.00 e. The van der Waals surface area contributed by atoms with E-state index in [2.05, 4.69) is 10.7 Å². The third kappa shape index (κ3) is 2.09. The van der Waals surface area contributed by atoms with Crippen molar-refractivity contribution in [3.05, 3.63) is 24.2 Å². The summed E-state index contributed by atoms with van der Waals surface area (Å²) in [6.45, 7) is 1.45. The number of furan rings is 1. The van der Waals surface area contributed by atoms with Crippen LogP contribution >= 0.6 is 0 Å².